The number of halogens is 1. The van der Waals surface area contributed by atoms with Crippen LogP contribution >= 0.6 is 22.9 Å². The predicted octanol–water partition coefficient (Wildman–Crippen LogP) is 3.10. The van der Waals surface area contributed by atoms with Crippen molar-refractivity contribution >= 4 is 22.9 Å². The summed E-state index contributed by atoms with van der Waals surface area (Å²) in [5.74, 6) is 0.436. The van der Waals surface area contributed by atoms with Gasteiger partial charge >= 0.3 is 5.69 Å². The van der Waals surface area contributed by atoms with Crippen LogP contribution in [-0.4, -0.2) is 14.1 Å². The Kier molecular flexibility index (Phi) is 3.94. The van der Waals surface area contributed by atoms with E-state index < -0.39 is 0 Å². The monoisotopic (exact) mass is 319 g/mol. The van der Waals surface area contributed by atoms with Crippen molar-refractivity contribution in [2.45, 2.75) is 12.4 Å². The molecule has 0 amide bonds. The fourth-order valence-corrected chi connectivity index (χ4v) is 3.14. The van der Waals surface area contributed by atoms with Crippen LogP contribution in [0.2, 0.25) is 0 Å². The summed E-state index contributed by atoms with van der Waals surface area (Å²) in [5, 5.41) is 2.94. The van der Waals surface area contributed by atoms with Crippen molar-refractivity contribution in [1.82, 2.24) is 14.1 Å². The summed E-state index contributed by atoms with van der Waals surface area (Å²) in [6.07, 6.45) is 3.56. The third kappa shape index (κ3) is 2.94. The van der Waals surface area contributed by atoms with Crippen LogP contribution in [-0.2, 0) is 19.5 Å². The number of benzene rings is 1. The predicted molar refractivity (Wildman–Crippen MR) is 85.9 cm³/mol. The molecule has 0 saturated carbocycles. The van der Waals surface area contributed by atoms with Crippen molar-refractivity contribution in [2.75, 3.05) is 0 Å². The molecule has 0 radical (unpaired) electrons. The fraction of sp³-hybridized carbons (Fsp3) is 0.200. The van der Waals surface area contributed by atoms with Crippen LogP contribution < -0.4 is 5.69 Å². The van der Waals surface area contributed by atoms with Crippen molar-refractivity contribution in [3.63, 3.8) is 0 Å². The molecule has 3 aromatic rings. The minimum atomic E-state index is -0.00856. The first-order valence-corrected chi connectivity index (χ1v) is 7.90. The number of nitrogens with zero attached hydrogens (tertiary/aromatic N) is 3. The van der Waals surface area contributed by atoms with Gasteiger partial charge in [0.2, 0.25) is 0 Å². The van der Waals surface area contributed by atoms with Crippen molar-refractivity contribution in [3.05, 3.63) is 63.8 Å². The molecular formula is C15H14ClN3OS. The van der Waals surface area contributed by atoms with E-state index in [2.05, 4.69) is 4.98 Å². The molecule has 0 aliphatic rings. The summed E-state index contributed by atoms with van der Waals surface area (Å²) in [5.41, 5.74) is 3.05. The molecule has 0 unspecified atom stereocenters. The Bertz CT molecular complexity index is 801. The highest BCUT2D eigenvalue weighted by Gasteiger charge is 2.05. The zero-order chi connectivity index (χ0) is 14.8. The number of hydrogen-bond donors (Lipinski definition) is 0. The van der Waals surface area contributed by atoms with Crippen LogP contribution in [0, 0.1) is 0 Å². The highest BCUT2D eigenvalue weighted by atomic mass is 35.5. The number of alkyl halides is 1. The number of aromatic nitrogens is 3. The number of rotatable bonds is 4. The summed E-state index contributed by atoms with van der Waals surface area (Å²) in [6.45, 7) is 0.574. The van der Waals surface area contributed by atoms with Crippen LogP contribution in [0.4, 0.5) is 0 Å². The molecule has 0 aliphatic carbocycles. The largest absolute Gasteiger partial charge is 0.328 e. The molecule has 0 saturated heterocycles. The molecule has 0 N–H and O–H groups in total. The van der Waals surface area contributed by atoms with E-state index in [4.69, 9.17) is 11.6 Å². The van der Waals surface area contributed by atoms with E-state index in [1.165, 1.54) is 0 Å². The van der Waals surface area contributed by atoms with Gasteiger partial charge in [-0.15, -0.1) is 22.9 Å². The molecule has 0 spiro atoms. The molecule has 0 bridgehead atoms. The summed E-state index contributed by atoms with van der Waals surface area (Å²) in [4.78, 5) is 16.3. The van der Waals surface area contributed by atoms with Crippen molar-refractivity contribution < 1.29 is 0 Å². The molecule has 0 atom stereocenters. The van der Waals surface area contributed by atoms with Crippen LogP contribution in [0.25, 0.3) is 10.6 Å². The number of thiazole rings is 1. The summed E-state index contributed by atoms with van der Waals surface area (Å²) < 4.78 is 3.25. The molecule has 21 heavy (non-hydrogen) atoms. The third-order valence-corrected chi connectivity index (χ3v) is 4.47. The zero-order valence-electron chi connectivity index (χ0n) is 11.5. The number of aryl methyl sites for hydroxylation is 1. The molecule has 108 valence electrons. The molecule has 2 aromatic heterocycles. The van der Waals surface area contributed by atoms with Gasteiger partial charge in [0.1, 0.15) is 5.01 Å². The Balaban J connectivity index is 1.80. The maximum atomic E-state index is 11.8. The maximum absolute atomic E-state index is 11.8. The smallest absolute Gasteiger partial charge is 0.302 e. The van der Waals surface area contributed by atoms with E-state index in [1.54, 1.807) is 39.9 Å². The van der Waals surface area contributed by atoms with Gasteiger partial charge in [0.15, 0.2) is 0 Å². The Labute approximate surface area is 131 Å². The summed E-state index contributed by atoms with van der Waals surface area (Å²) in [6, 6.07) is 8.10. The summed E-state index contributed by atoms with van der Waals surface area (Å²) in [7, 11) is 1.75. The number of imidazole rings is 1. The van der Waals surface area contributed by atoms with E-state index in [0.29, 0.717) is 12.4 Å². The van der Waals surface area contributed by atoms with Crippen LogP contribution in [0.15, 0.2) is 46.8 Å². The Morgan fingerprint density at radius 3 is 2.57 bits per heavy atom. The molecule has 4 nitrogen and oxygen atoms in total. The van der Waals surface area contributed by atoms with E-state index >= 15 is 0 Å². The molecule has 6 heteroatoms. The lowest BCUT2D eigenvalue weighted by Gasteiger charge is -2.03. The van der Waals surface area contributed by atoms with Crippen LogP contribution in [0.1, 0.15) is 11.3 Å². The second-order valence-electron chi connectivity index (χ2n) is 4.79. The molecule has 2 heterocycles. The van der Waals surface area contributed by atoms with Crippen molar-refractivity contribution in [2.24, 2.45) is 7.05 Å². The van der Waals surface area contributed by atoms with E-state index in [1.807, 2.05) is 29.6 Å². The average molecular weight is 320 g/mol. The second-order valence-corrected chi connectivity index (χ2v) is 5.92. The Morgan fingerprint density at radius 2 is 2.00 bits per heavy atom. The maximum Gasteiger partial charge on any atom is 0.328 e. The lowest BCUT2D eigenvalue weighted by atomic mass is 10.1. The van der Waals surface area contributed by atoms with Gasteiger partial charge in [-0.25, -0.2) is 9.78 Å². The second kappa shape index (κ2) is 5.87. The highest BCUT2D eigenvalue weighted by molar-refractivity contribution is 7.13. The van der Waals surface area contributed by atoms with Gasteiger partial charge in [-0.1, -0.05) is 24.3 Å². The topological polar surface area (TPSA) is 39.8 Å². The molecule has 0 aliphatic heterocycles. The van der Waals surface area contributed by atoms with Crippen LogP contribution in [0.3, 0.4) is 0 Å². The van der Waals surface area contributed by atoms with E-state index in [-0.39, 0.29) is 5.69 Å². The normalized spacial score (nSPS) is 11.0. The van der Waals surface area contributed by atoms with Gasteiger partial charge in [0.05, 0.1) is 18.1 Å². The van der Waals surface area contributed by atoms with Gasteiger partial charge in [0, 0.05) is 30.4 Å². The third-order valence-electron chi connectivity index (χ3n) is 3.26. The Morgan fingerprint density at radius 1 is 1.24 bits per heavy atom. The first kappa shape index (κ1) is 14.1. The average Bonchev–Trinajstić information content (AvgIpc) is 3.10. The van der Waals surface area contributed by atoms with E-state index in [0.717, 1.165) is 21.8 Å². The number of hydrogen-bond acceptors (Lipinski definition) is 3. The lowest BCUT2D eigenvalue weighted by molar-refractivity contribution is 0.718. The van der Waals surface area contributed by atoms with E-state index in [9.17, 15) is 4.79 Å². The minimum absolute atomic E-state index is 0.00856. The van der Waals surface area contributed by atoms with Gasteiger partial charge in [-0.3, -0.25) is 4.57 Å². The van der Waals surface area contributed by atoms with Crippen molar-refractivity contribution in [1.29, 1.82) is 0 Å². The molecule has 0 fully saturated rings. The van der Waals surface area contributed by atoms with Gasteiger partial charge < -0.3 is 4.57 Å². The lowest BCUT2D eigenvalue weighted by Crippen LogP contribution is -2.22. The molecular weight excluding hydrogens is 306 g/mol. The zero-order valence-corrected chi connectivity index (χ0v) is 13.1. The SMILES string of the molecule is Cn1ccn(Cc2ccc(-c3nc(CCl)cs3)cc2)c1=O. The highest BCUT2D eigenvalue weighted by Crippen LogP contribution is 2.24. The quantitative estimate of drug-likeness (QED) is 0.693. The fourth-order valence-electron chi connectivity index (χ4n) is 2.08. The van der Waals surface area contributed by atoms with Gasteiger partial charge in [-0.2, -0.15) is 0 Å². The van der Waals surface area contributed by atoms with Crippen molar-refractivity contribution in [3.8, 4) is 10.6 Å². The first-order chi connectivity index (χ1) is 10.2. The standard InChI is InChI=1S/C15H14ClN3OS/c1-18-6-7-19(15(18)20)9-11-2-4-12(5-3-11)14-17-13(8-16)10-21-14/h2-7,10H,8-9H2,1H3. The van der Waals surface area contributed by atoms with Gasteiger partial charge in [0.25, 0.3) is 0 Å². The minimum Gasteiger partial charge on any atom is -0.302 e. The van der Waals surface area contributed by atoms with Gasteiger partial charge in [-0.05, 0) is 5.56 Å². The summed E-state index contributed by atoms with van der Waals surface area (Å²) >= 11 is 7.36. The molecule has 3 rings (SSSR count). The van der Waals surface area contributed by atoms with Crippen LogP contribution in [0.5, 0.6) is 0 Å². The molecule has 1 aromatic carbocycles. The Hall–Kier alpha value is -1.85. The first-order valence-electron chi connectivity index (χ1n) is 6.49.